The van der Waals surface area contributed by atoms with Crippen LogP contribution < -0.4 is 5.32 Å². The minimum Gasteiger partial charge on any atom is -0.374 e. The van der Waals surface area contributed by atoms with Crippen LogP contribution in [0.4, 0.5) is 0 Å². The SMILES string of the molecule is CCCNC(CCC(C)C)C1CN2CCCC2CO1. The summed E-state index contributed by atoms with van der Waals surface area (Å²) in [7, 11) is 0. The Balaban J connectivity index is 1.85. The number of morpholine rings is 1. The first-order valence-electron chi connectivity index (χ1n) is 8.29. The highest BCUT2D eigenvalue weighted by molar-refractivity contribution is 4.90. The lowest BCUT2D eigenvalue weighted by molar-refractivity contribution is -0.0661. The van der Waals surface area contributed by atoms with Crippen molar-refractivity contribution in [2.75, 3.05) is 26.2 Å². The second-order valence-electron chi connectivity index (χ2n) is 6.69. The molecule has 2 fully saturated rings. The fourth-order valence-electron chi connectivity index (χ4n) is 3.35. The van der Waals surface area contributed by atoms with Crippen molar-refractivity contribution >= 4 is 0 Å². The molecule has 3 heteroatoms. The van der Waals surface area contributed by atoms with E-state index in [0.717, 1.165) is 25.6 Å². The van der Waals surface area contributed by atoms with Crippen molar-refractivity contribution < 1.29 is 4.74 Å². The zero-order chi connectivity index (χ0) is 13.7. The predicted molar refractivity (Wildman–Crippen MR) is 80.5 cm³/mol. The van der Waals surface area contributed by atoms with Crippen LogP contribution in [0.5, 0.6) is 0 Å². The van der Waals surface area contributed by atoms with E-state index >= 15 is 0 Å². The van der Waals surface area contributed by atoms with Crippen LogP contribution in [0, 0.1) is 5.92 Å². The van der Waals surface area contributed by atoms with Crippen molar-refractivity contribution in [3.8, 4) is 0 Å². The Morgan fingerprint density at radius 1 is 1.32 bits per heavy atom. The number of hydrogen-bond acceptors (Lipinski definition) is 3. The summed E-state index contributed by atoms with van der Waals surface area (Å²) in [6.07, 6.45) is 6.86. The predicted octanol–water partition coefficient (Wildman–Crippen LogP) is 2.65. The third-order valence-electron chi connectivity index (χ3n) is 4.58. The molecule has 2 aliphatic heterocycles. The highest BCUT2D eigenvalue weighted by Crippen LogP contribution is 2.25. The maximum absolute atomic E-state index is 6.18. The molecule has 112 valence electrons. The Morgan fingerprint density at radius 2 is 2.16 bits per heavy atom. The maximum Gasteiger partial charge on any atom is 0.0855 e. The average molecular weight is 268 g/mol. The minimum atomic E-state index is 0.402. The van der Waals surface area contributed by atoms with Crippen molar-refractivity contribution in [2.24, 2.45) is 5.92 Å². The highest BCUT2D eigenvalue weighted by Gasteiger charge is 2.35. The lowest BCUT2D eigenvalue weighted by Crippen LogP contribution is -2.54. The smallest absolute Gasteiger partial charge is 0.0855 e. The van der Waals surface area contributed by atoms with Gasteiger partial charge < -0.3 is 10.1 Å². The Bertz CT molecular complexity index is 257. The van der Waals surface area contributed by atoms with Gasteiger partial charge in [0.2, 0.25) is 0 Å². The second kappa shape index (κ2) is 7.61. The molecule has 2 saturated heterocycles. The summed E-state index contributed by atoms with van der Waals surface area (Å²) in [5.41, 5.74) is 0. The number of hydrogen-bond donors (Lipinski definition) is 1. The molecule has 0 bridgehead atoms. The number of rotatable bonds is 7. The van der Waals surface area contributed by atoms with E-state index in [1.54, 1.807) is 0 Å². The molecule has 1 N–H and O–H groups in total. The molecule has 0 amide bonds. The molecule has 3 nitrogen and oxygen atoms in total. The second-order valence-corrected chi connectivity index (χ2v) is 6.69. The quantitative estimate of drug-likeness (QED) is 0.768. The van der Waals surface area contributed by atoms with Crippen LogP contribution in [0.1, 0.15) is 52.9 Å². The number of ether oxygens (including phenoxy) is 1. The van der Waals surface area contributed by atoms with Crippen LogP contribution in [0.15, 0.2) is 0 Å². The van der Waals surface area contributed by atoms with E-state index in [4.69, 9.17) is 4.74 Å². The first-order valence-corrected chi connectivity index (χ1v) is 8.29. The van der Waals surface area contributed by atoms with Gasteiger partial charge in [-0.2, -0.15) is 0 Å². The fraction of sp³-hybridized carbons (Fsp3) is 1.00. The zero-order valence-corrected chi connectivity index (χ0v) is 13.0. The first-order chi connectivity index (χ1) is 9.20. The van der Waals surface area contributed by atoms with Crippen LogP contribution in [0.3, 0.4) is 0 Å². The molecule has 0 aromatic heterocycles. The van der Waals surface area contributed by atoms with Gasteiger partial charge in [-0.05, 0) is 51.1 Å². The number of fused-ring (bicyclic) bond motifs is 1. The number of nitrogens with zero attached hydrogens (tertiary/aromatic N) is 1. The lowest BCUT2D eigenvalue weighted by atomic mass is 9.98. The molecule has 0 radical (unpaired) electrons. The molecule has 2 aliphatic rings. The van der Waals surface area contributed by atoms with Gasteiger partial charge in [-0.25, -0.2) is 0 Å². The summed E-state index contributed by atoms with van der Waals surface area (Å²) < 4.78 is 6.18. The fourth-order valence-corrected chi connectivity index (χ4v) is 3.35. The van der Waals surface area contributed by atoms with Crippen molar-refractivity contribution in [1.29, 1.82) is 0 Å². The molecule has 0 aromatic rings. The Hall–Kier alpha value is -0.120. The van der Waals surface area contributed by atoms with Crippen LogP contribution in [-0.2, 0) is 4.74 Å². The van der Waals surface area contributed by atoms with Crippen molar-refractivity contribution in [1.82, 2.24) is 10.2 Å². The molecule has 2 heterocycles. The summed E-state index contributed by atoms with van der Waals surface area (Å²) in [5, 5.41) is 3.72. The van der Waals surface area contributed by atoms with Crippen molar-refractivity contribution in [2.45, 2.75) is 71.1 Å². The summed E-state index contributed by atoms with van der Waals surface area (Å²) >= 11 is 0. The normalized spacial score (nSPS) is 29.7. The molecule has 19 heavy (non-hydrogen) atoms. The van der Waals surface area contributed by atoms with Gasteiger partial charge >= 0.3 is 0 Å². The first kappa shape index (κ1) is 15.3. The van der Waals surface area contributed by atoms with E-state index in [2.05, 4.69) is 31.0 Å². The minimum absolute atomic E-state index is 0.402. The van der Waals surface area contributed by atoms with Crippen LogP contribution >= 0.6 is 0 Å². The molecule has 0 spiro atoms. The van der Waals surface area contributed by atoms with E-state index < -0.39 is 0 Å². The summed E-state index contributed by atoms with van der Waals surface area (Å²) in [4.78, 5) is 2.66. The third-order valence-corrected chi connectivity index (χ3v) is 4.58. The largest absolute Gasteiger partial charge is 0.374 e. The van der Waals surface area contributed by atoms with Gasteiger partial charge in [-0.3, -0.25) is 4.90 Å². The van der Waals surface area contributed by atoms with Crippen LogP contribution in [0.25, 0.3) is 0 Å². The van der Waals surface area contributed by atoms with Crippen molar-refractivity contribution in [3.05, 3.63) is 0 Å². The van der Waals surface area contributed by atoms with Gasteiger partial charge in [0.15, 0.2) is 0 Å². The Labute approximate surface area is 119 Å². The van der Waals surface area contributed by atoms with Gasteiger partial charge in [-0.1, -0.05) is 20.8 Å². The zero-order valence-electron chi connectivity index (χ0n) is 13.0. The molecule has 3 unspecified atom stereocenters. The summed E-state index contributed by atoms with van der Waals surface area (Å²) in [6.45, 7) is 11.4. The standard InChI is InChI=1S/C16H32N2O/c1-4-9-17-15(8-7-13(2)3)16-11-18-10-5-6-14(18)12-19-16/h13-17H,4-12H2,1-3H3. The Morgan fingerprint density at radius 3 is 2.89 bits per heavy atom. The van der Waals surface area contributed by atoms with E-state index in [9.17, 15) is 0 Å². The molecule has 0 aliphatic carbocycles. The Kier molecular flexibility index (Phi) is 6.11. The highest BCUT2D eigenvalue weighted by atomic mass is 16.5. The van der Waals surface area contributed by atoms with E-state index in [-0.39, 0.29) is 0 Å². The van der Waals surface area contributed by atoms with Crippen LogP contribution in [0.2, 0.25) is 0 Å². The molecule has 2 rings (SSSR count). The van der Waals surface area contributed by atoms with E-state index in [0.29, 0.717) is 18.2 Å². The lowest BCUT2D eigenvalue weighted by Gasteiger charge is -2.39. The van der Waals surface area contributed by atoms with Crippen LogP contribution in [-0.4, -0.2) is 49.3 Å². The summed E-state index contributed by atoms with van der Waals surface area (Å²) in [6, 6.07) is 1.26. The summed E-state index contributed by atoms with van der Waals surface area (Å²) in [5.74, 6) is 0.786. The maximum atomic E-state index is 6.18. The third kappa shape index (κ3) is 4.44. The molecular formula is C16H32N2O. The number of nitrogens with one attached hydrogen (secondary N) is 1. The van der Waals surface area contributed by atoms with Gasteiger partial charge in [-0.15, -0.1) is 0 Å². The molecular weight excluding hydrogens is 236 g/mol. The average Bonchev–Trinajstić information content (AvgIpc) is 2.85. The van der Waals surface area contributed by atoms with Gasteiger partial charge in [0.1, 0.15) is 0 Å². The monoisotopic (exact) mass is 268 g/mol. The van der Waals surface area contributed by atoms with E-state index in [1.165, 1.54) is 38.6 Å². The van der Waals surface area contributed by atoms with Gasteiger partial charge in [0.25, 0.3) is 0 Å². The van der Waals surface area contributed by atoms with Gasteiger partial charge in [0, 0.05) is 18.6 Å². The molecule has 0 aromatic carbocycles. The van der Waals surface area contributed by atoms with E-state index in [1.807, 2.05) is 0 Å². The topological polar surface area (TPSA) is 24.5 Å². The van der Waals surface area contributed by atoms with Gasteiger partial charge in [0.05, 0.1) is 12.7 Å². The molecule has 3 atom stereocenters. The van der Waals surface area contributed by atoms with Crippen molar-refractivity contribution in [3.63, 3.8) is 0 Å². The molecule has 0 saturated carbocycles.